The molecule has 224 valence electrons. The van der Waals surface area contributed by atoms with Crippen LogP contribution in [0.2, 0.25) is 0 Å². The molecule has 2 aliphatic rings. The smallest absolute Gasteiger partial charge is 0.416 e. The number of benzene rings is 4. The Kier molecular flexibility index (Phi) is 6.73. The molecule has 0 amide bonds. The molecule has 0 saturated carbocycles. The number of nitrogens with zero attached hydrogens (tertiary/aromatic N) is 4. The minimum absolute atomic E-state index is 0.0217. The lowest BCUT2D eigenvalue weighted by molar-refractivity contribution is -0.138. The number of ether oxygens (including phenoxy) is 2. The Labute approximate surface area is 254 Å². The normalized spacial score (nSPS) is 13.1. The van der Waals surface area contributed by atoms with Crippen LogP contribution in [0.15, 0.2) is 83.6 Å². The molecule has 0 spiro atoms. The summed E-state index contributed by atoms with van der Waals surface area (Å²) in [4.78, 5) is 0. The number of allylic oxidation sites excluding steroid dienone is 2. The van der Waals surface area contributed by atoms with Crippen molar-refractivity contribution < 1.29 is 35.8 Å². The maximum Gasteiger partial charge on any atom is 0.416 e. The van der Waals surface area contributed by atoms with Crippen molar-refractivity contribution in [3.05, 3.63) is 94.7 Å². The topological polar surface area (TPSA) is 138 Å². The van der Waals surface area contributed by atoms with Crippen LogP contribution in [-0.2, 0) is 12.4 Å². The summed E-state index contributed by atoms with van der Waals surface area (Å²) < 4.78 is 91.7. The Morgan fingerprint density at radius 3 is 1.43 bits per heavy atom. The summed E-state index contributed by atoms with van der Waals surface area (Å²) in [6.45, 7) is 0. The third kappa shape index (κ3) is 4.81. The van der Waals surface area contributed by atoms with Crippen molar-refractivity contribution in [2.45, 2.75) is 12.4 Å². The maximum atomic E-state index is 13.3. The molecule has 2 N–H and O–H groups in total. The van der Waals surface area contributed by atoms with Gasteiger partial charge in [-0.1, -0.05) is 24.3 Å². The molecule has 4 aromatic carbocycles. The van der Waals surface area contributed by atoms with Gasteiger partial charge >= 0.3 is 12.4 Å². The number of nitrogens with one attached hydrogen (secondary N) is 2. The molecular formula is C32H12F6N6O2. The first-order chi connectivity index (χ1) is 21.9. The van der Waals surface area contributed by atoms with Crippen molar-refractivity contribution in [2.24, 2.45) is 0 Å². The number of alkyl halides is 6. The van der Waals surface area contributed by atoms with E-state index >= 15 is 0 Å². The van der Waals surface area contributed by atoms with Crippen molar-refractivity contribution >= 4 is 22.1 Å². The fourth-order valence-corrected chi connectivity index (χ4v) is 5.05. The predicted molar refractivity (Wildman–Crippen MR) is 150 cm³/mol. The SMILES string of the molecule is N#CC(C#N)=C1Nc2c(c(-c3ccc(C(F)(F)F)cc3)cc3cc(-c4ccc(C(F)(F)F)cc4)c4c(c23)OC(=C(C#N)C#N)N4)O1. The Bertz CT molecular complexity index is 2020. The second kappa shape index (κ2) is 10.5. The minimum atomic E-state index is -4.61. The molecule has 4 aromatic rings. The van der Waals surface area contributed by atoms with Crippen LogP contribution in [0.3, 0.4) is 0 Å². The van der Waals surface area contributed by atoms with Gasteiger partial charge in [-0.3, -0.25) is 0 Å². The number of anilines is 2. The van der Waals surface area contributed by atoms with Gasteiger partial charge in [0.05, 0.1) is 27.9 Å². The van der Waals surface area contributed by atoms with Gasteiger partial charge in [0.15, 0.2) is 22.6 Å². The highest BCUT2D eigenvalue weighted by atomic mass is 19.4. The quantitative estimate of drug-likeness (QED) is 0.167. The zero-order valence-electron chi connectivity index (χ0n) is 22.6. The van der Waals surface area contributed by atoms with Gasteiger partial charge in [0.1, 0.15) is 24.3 Å². The number of halogens is 6. The van der Waals surface area contributed by atoms with Crippen molar-refractivity contribution in [1.82, 2.24) is 0 Å². The second-order valence-corrected chi connectivity index (χ2v) is 9.81. The molecule has 46 heavy (non-hydrogen) atoms. The molecule has 0 fully saturated rings. The van der Waals surface area contributed by atoms with E-state index in [2.05, 4.69) is 10.6 Å². The molecule has 0 saturated heterocycles. The Hall–Kier alpha value is -6.64. The van der Waals surface area contributed by atoms with E-state index in [0.717, 1.165) is 24.3 Å². The van der Waals surface area contributed by atoms with E-state index in [1.165, 1.54) is 30.3 Å². The third-order valence-corrected chi connectivity index (χ3v) is 7.17. The number of fused-ring (bicyclic) bond motifs is 5. The highest BCUT2D eigenvalue weighted by molar-refractivity contribution is 6.13. The first-order valence-corrected chi connectivity index (χ1v) is 12.9. The van der Waals surface area contributed by atoms with Crippen LogP contribution in [0.1, 0.15) is 11.1 Å². The van der Waals surface area contributed by atoms with E-state index < -0.39 is 34.6 Å². The standard InChI is InChI=1S/C32H12F6N6O2/c33-31(34,35)20-5-1-15(2-6-20)22-9-17-10-23(16-3-7-21(8-4-16)32(36,37)38)27-26(44-30(45-27)19(13-41)14-42)24(17)28-25(22)43-29(46-28)18(11-39)12-40/h1-10,43-44H. The average Bonchev–Trinajstić information content (AvgIpc) is 3.66. The van der Waals surface area contributed by atoms with E-state index in [0.29, 0.717) is 10.9 Å². The van der Waals surface area contributed by atoms with Gasteiger partial charge in [-0.15, -0.1) is 0 Å². The second-order valence-electron chi connectivity index (χ2n) is 9.81. The summed E-state index contributed by atoms with van der Waals surface area (Å²) in [6.07, 6.45) is -9.21. The summed E-state index contributed by atoms with van der Waals surface area (Å²) in [7, 11) is 0. The van der Waals surface area contributed by atoms with Gasteiger partial charge in [-0.2, -0.15) is 47.4 Å². The van der Waals surface area contributed by atoms with Crippen LogP contribution in [0.25, 0.3) is 33.0 Å². The van der Waals surface area contributed by atoms with Crippen molar-refractivity contribution in [3.63, 3.8) is 0 Å². The monoisotopic (exact) mass is 626 g/mol. The Morgan fingerprint density at radius 2 is 0.978 bits per heavy atom. The molecule has 2 heterocycles. The Morgan fingerprint density at radius 1 is 0.565 bits per heavy atom. The van der Waals surface area contributed by atoms with Crippen LogP contribution in [0.5, 0.6) is 11.5 Å². The lowest BCUT2D eigenvalue weighted by atomic mass is 9.93. The van der Waals surface area contributed by atoms with E-state index in [9.17, 15) is 47.4 Å². The van der Waals surface area contributed by atoms with Crippen LogP contribution < -0.4 is 20.1 Å². The summed E-state index contributed by atoms with van der Waals surface area (Å²) in [5.74, 6) is -0.478. The van der Waals surface area contributed by atoms with Crippen LogP contribution in [-0.4, -0.2) is 0 Å². The molecular weight excluding hydrogens is 614 g/mol. The predicted octanol–water partition coefficient (Wildman–Crippen LogP) is 8.34. The molecule has 0 unspecified atom stereocenters. The molecule has 6 rings (SSSR count). The van der Waals surface area contributed by atoms with Gasteiger partial charge in [-0.05, 0) is 52.9 Å². The number of nitriles is 4. The molecule has 14 heteroatoms. The lowest BCUT2D eigenvalue weighted by Gasteiger charge is -2.16. The molecule has 0 bridgehead atoms. The first kappa shape index (κ1) is 29.4. The fourth-order valence-electron chi connectivity index (χ4n) is 5.05. The molecule has 0 radical (unpaired) electrons. The van der Waals surface area contributed by atoms with Crippen molar-refractivity contribution in [2.75, 3.05) is 10.6 Å². The molecule has 0 aromatic heterocycles. The summed E-state index contributed by atoms with van der Waals surface area (Å²) in [5.41, 5.74) is -1.30. The summed E-state index contributed by atoms with van der Waals surface area (Å²) >= 11 is 0. The van der Waals surface area contributed by atoms with Gasteiger partial charge in [0, 0.05) is 11.1 Å². The molecule has 0 atom stereocenters. The van der Waals surface area contributed by atoms with Gasteiger partial charge in [0.25, 0.3) is 0 Å². The van der Waals surface area contributed by atoms with E-state index in [-0.39, 0.29) is 56.7 Å². The van der Waals surface area contributed by atoms with Crippen molar-refractivity contribution in [1.29, 1.82) is 21.0 Å². The highest BCUT2D eigenvalue weighted by Crippen LogP contribution is 2.56. The highest BCUT2D eigenvalue weighted by Gasteiger charge is 2.35. The summed E-state index contributed by atoms with van der Waals surface area (Å²) in [5, 5.41) is 44.2. The van der Waals surface area contributed by atoms with Crippen LogP contribution in [0, 0.1) is 45.3 Å². The van der Waals surface area contributed by atoms with Crippen molar-refractivity contribution in [3.8, 4) is 58.0 Å². The zero-order valence-corrected chi connectivity index (χ0v) is 22.6. The molecule has 0 aliphatic carbocycles. The van der Waals surface area contributed by atoms with Gasteiger partial charge in [0.2, 0.25) is 11.8 Å². The number of rotatable bonds is 2. The first-order valence-electron chi connectivity index (χ1n) is 12.9. The van der Waals surface area contributed by atoms with E-state index in [1.54, 1.807) is 30.3 Å². The lowest BCUT2D eigenvalue weighted by Crippen LogP contribution is -2.04. The fraction of sp³-hybridized carbons (Fsp3) is 0.0625. The maximum absolute atomic E-state index is 13.3. The third-order valence-electron chi connectivity index (χ3n) is 7.17. The Balaban J connectivity index is 1.67. The number of hydrogen-bond acceptors (Lipinski definition) is 8. The average molecular weight is 626 g/mol. The largest absolute Gasteiger partial charge is 0.436 e. The van der Waals surface area contributed by atoms with Gasteiger partial charge < -0.3 is 20.1 Å². The van der Waals surface area contributed by atoms with Crippen LogP contribution in [0.4, 0.5) is 37.7 Å². The zero-order chi connectivity index (χ0) is 33.0. The van der Waals surface area contributed by atoms with E-state index in [1.807, 2.05) is 0 Å². The van der Waals surface area contributed by atoms with Gasteiger partial charge in [-0.25, -0.2) is 0 Å². The number of hydrogen-bond donors (Lipinski definition) is 2. The van der Waals surface area contributed by atoms with E-state index in [4.69, 9.17) is 9.47 Å². The van der Waals surface area contributed by atoms with Crippen LogP contribution >= 0.6 is 0 Å². The minimum Gasteiger partial charge on any atom is -0.436 e. The molecule has 2 aliphatic heterocycles. The molecule has 8 nitrogen and oxygen atoms in total. The summed E-state index contributed by atoms with van der Waals surface area (Å²) in [6, 6.07) is 18.3.